The second-order valence-corrected chi connectivity index (χ2v) is 4.70. The third-order valence-electron chi connectivity index (χ3n) is 2.89. The number of ether oxygens (including phenoxy) is 1. The third kappa shape index (κ3) is 3.01. The van der Waals surface area contributed by atoms with Gasteiger partial charge in [-0.15, -0.1) is 0 Å². The number of pyridine rings is 1. The lowest BCUT2D eigenvalue weighted by molar-refractivity contribution is 0.159. The van der Waals surface area contributed by atoms with Crippen LogP contribution >= 0.6 is 0 Å². The number of likely N-dealkylation sites (N-methyl/N-ethyl adjacent to an activating group) is 1. The molecule has 0 radical (unpaired) electrons. The molecule has 1 saturated heterocycles. The average Bonchev–Trinajstić information content (AvgIpc) is 2.66. The van der Waals surface area contributed by atoms with Gasteiger partial charge in [-0.05, 0) is 25.1 Å². The van der Waals surface area contributed by atoms with E-state index in [1.165, 1.54) is 5.56 Å². The highest BCUT2D eigenvalue weighted by molar-refractivity contribution is 5.08. The van der Waals surface area contributed by atoms with Gasteiger partial charge < -0.3 is 15.4 Å². The summed E-state index contributed by atoms with van der Waals surface area (Å²) in [4.78, 5) is 6.33. The second-order valence-electron chi connectivity index (χ2n) is 4.70. The Hall–Kier alpha value is -0.970. The molecule has 0 saturated carbocycles. The average molecular weight is 221 g/mol. The Bertz CT molecular complexity index is 322. The highest BCUT2D eigenvalue weighted by Crippen LogP contribution is 2.17. The van der Waals surface area contributed by atoms with Crippen LogP contribution in [0, 0.1) is 0 Å². The van der Waals surface area contributed by atoms with Gasteiger partial charge in [-0.25, -0.2) is 0 Å². The van der Waals surface area contributed by atoms with Gasteiger partial charge in [0.15, 0.2) is 0 Å². The number of nitrogens with zero attached hydrogens (tertiary/aromatic N) is 2. The van der Waals surface area contributed by atoms with Gasteiger partial charge in [0.2, 0.25) is 0 Å². The molecular formula is C12H19N3O. The molecule has 4 nitrogen and oxygen atoms in total. The first-order valence-electron chi connectivity index (χ1n) is 5.62. The minimum absolute atomic E-state index is 0.170. The van der Waals surface area contributed by atoms with Crippen LogP contribution in [0.15, 0.2) is 24.5 Å². The van der Waals surface area contributed by atoms with Crippen molar-refractivity contribution >= 4 is 0 Å². The molecule has 2 N–H and O–H groups in total. The summed E-state index contributed by atoms with van der Waals surface area (Å²) in [5, 5.41) is 0. The van der Waals surface area contributed by atoms with Gasteiger partial charge in [0.25, 0.3) is 0 Å². The third-order valence-corrected chi connectivity index (χ3v) is 2.89. The van der Waals surface area contributed by atoms with Crippen molar-refractivity contribution in [3.8, 4) is 0 Å². The van der Waals surface area contributed by atoms with Crippen molar-refractivity contribution in [2.24, 2.45) is 5.73 Å². The Morgan fingerprint density at radius 1 is 1.62 bits per heavy atom. The lowest BCUT2D eigenvalue weighted by Gasteiger charge is -2.28. The fraction of sp³-hybridized carbons (Fsp3) is 0.583. The molecule has 0 bridgehead atoms. The standard InChI is InChI=1S/C12H19N3O/c1-15(8-11-3-2-5-14-7-11)9-12(13)4-6-16-10-12/h2-3,5,7H,4,6,8-10,13H2,1H3. The maximum atomic E-state index is 6.23. The van der Waals surface area contributed by atoms with Crippen molar-refractivity contribution in [3.63, 3.8) is 0 Å². The van der Waals surface area contributed by atoms with E-state index >= 15 is 0 Å². The first-order chi connectivity index (χ1) is 7.68. The molecule has 0 aliphatic carbocycles. The summed E-state index contributed by atoms with van der Waals surface area (Å²) in [5.41, 5.74) is 7.28. The summed E-state index contributed by atoms with van der Waals surface area (Å²) >= 11 is 0. The number of hydrogen-bond acceptors (Lipinski definition) is 4. The molecule has 88 valence electrons. The monoisotopic (exact) mass is 221 g/mol. The molecule has 16 heavy (non-hydrogen) atoms. The number of nitrogens with two attached hydrogens (primary N) is 1. The first kappa shape index (κ1) is 11.5. The second kappa shape index (κ2) is 4.91. The van der Waals surface area contributed by atoms with Crippen molar-refractivity contribution < 1.29 is 4.74 Å². The molecule has 1 atom stereocenters. The van der Waals surface area contributed by atoms with E-state index in [2.05, 4.69) is 23.0 Å². The van der Waals surface area contributed by atoms with Crippen LogP contribution < -0.4 is 5.73 Å². The fourth-order valence-electron chi connectivity index (χ4n) is 2.14. The molecule has 1 aliphatic rings. The van der Waals surface area contributed by atoms with Gasteiger partial charge in [0.1, 0.15) is 0 Å². The van der Waals surface area contributed by atoms with E-state index in [9.17, 15) is 0 Å². The highest BCUT2D eigenvalue weighted by atomic mass is 16.5. The highest BCUT2D eigenvalue weighted by Gasteiger charge is 2.31. The summed E-state index contributed by atoms with van der Waals surface area (Å²) in [7, 11) is 2.08. The van der Waals surface area contributed by atoms with Crippen LogP contribution in [-0.2, 0) is 11.3 Å². The first-order valence-corrected chi connectivity index (χ1v) is 5.62. The van der Waals surface area contributed by atoms with E-state index in [-0.39, 0.29) is 5.54 Å². The number of rotatable bonds is 4. The van der Waals surface area contributed by atoms with Gasteiger partial charge in [0, 0.05) is 32.1 Å². The Balaban J connectivity index is 1.86. The number of aromatic nitrogens is 1. The molecule has 0 aromatic carbocycles. The van der Waals surface area contributed by atoms with Crippen LogP contribution in [0.4, 0.5) is 0 Å². The Labute approximate surface area is 96.4 Å². The Morgan fingerprint density at radius 3 is 3.12 bits per heavy atom. The van der Waals surface area contributed by atoms with Gasteiger partial charge in [-0.2, -0.15) is 0 Å². The molecule has 2 rings (SSSR count). The molecular weight excluding hydrogens is 202 g/mol. The van der Waals surface area contributed by atoms with Crippen LogP contribution in [0.2, 0.25) is 0 Å². The molecule has 1 aromatic heterocycles. The van der Waals surface area contributed by atoms with Crippen LogP contribution in [0.5, 0.6) is 0 Å². The minimum atomic E-state index is -0.170. The summed E-state index contributed by atoms with van der Waals surface area (Å²) in [6.07, 6.45) is 4.63. The van der Waals surface area contributed by atoms with Crippen molar-refractivity contribution in [2.45, 2.75) is 18.5 Å². The predicted octanol–water partition coefficient (Wildman–Crippen LogP) is 0.631. The van der Waals surface area contributed by atoms with Crippen LogP contribution in [0.3, 0.4) is 0 Å². The zero-order valence-corrected chi connectivity index (χ0v) is 9.72. The lowest BCUT2D eigenvalue weighted by Crippen LogP contribution is -2.49. The fourth-order valence-corrected chi connectivity index (χ4v) is 2.14. The van der Waals surface area contributed by atoms with Crippen molar-refractivity contribution in [1.82, 2.24) is 9.88 Å². The molecule has 4 heteroatoms. The summed E-state index contributed by atoms with van der Waals surface area (Å²) < 4.78 is 5.35. The van der Waals surface area contributed by atoms with E-state index in [0.29, 0.717) is 6.61 Å². The van der Waals surface area contributed by atoms with E-state index in [1.54, 1.807) is 6.20 Å². The van der Waals surface area contributed by atoms with Crippen molar-refractivity contribution in [1.29, 1.82) is 0 Å². The maximum absolute atomic E-state index is 6.23. The quantitative estimate of drug-likeness (QED) is 0.810. The Kier molecular flexibility index (Phi) is 3.53. The van der Waals surface area contributed by atoms with Crippen LogP contribution in [0.1, 0.15) is 12.0 Å². The summed E-state index contributed by atoms with van der Waals surface area (Å²) in [6.45, 7) is 3.20. The maximum Gasteiger partial charge on any atom is 0.0659 e. The molecule has 1 aliphatic heterocycles. The zero-order chi connectivity index (χ0) is 11.4. The van der Waals surface area contributed by atoms with Crippen molar-refractivity contribution in [3.05, 3.63) is 30.1 Å². The summed E-state index contributed by atoms with van der Waals surface area (Å²) in [5.74, 6) is 0. The van der Waals surface area contributed by atoms with Crippen LogP contribution in [0.25, 0.3) is 0 Å². The minimum Gasteiger partial charge on any atom is -0.379 e. The predicted molar refractivity (Wildman–Crippen MR) is 62.9 cm³/mol. The topological polar surface area (TPSA) is 51.4 Å². The molecule has 0 amide bonds. The van der Waals surface area contributed by atoms with Gasteiger partial charge in [-0.3, -0.25) is 4.98 Å². The molecule has 1 fully saturated rings. The molecule has 2 heterocycles. The van der Waals surface area contributed by atoms with Gasteiger partial charge in [0.05, 0.1) is 12.1 Å². The largest absolute Gasteiger partial charge is 0.379 e. The Morgan fingerprint density at radius 2 is 2.50 bits per heavy atom. The van der Waals surface area contributed by atoms with E-state index in [1.807, 2.05) is 12.3 Å². The molecule has 0 spiro atoms. The summed E-state index contributed by atoms with van der Waals surface area (Å²) in [6, 6.07) is 4.04. The van der Waals surface area contributed by atoms with Crippen LogP contribution in [-0.4, -0.2) is 42.2 Å². The molecule has 1 unspecified atom stereocenters. The van der Waals surface area contributed by atoms with E-state index < -0.39 is 0 Å². The SMILES string of the molecule is CN(Cc1cccnc1)CC1(N)CCOC1. The molecule has 1 aromatic rings. The lowest BCUT2D eigenvalue weighted by atomic mass is 10.00. The van der Waals surface area contributed by atoms with E-state index in [0.717, 1.165) is 26.1 Å². The van der Waals surface area contributed by atoms with Crippen molar-refractivity contribution in [2.75, 3.05) is 26.8 Å². The zero-order valence-electron chi connectivity index (χ0n) is 9.72. The van der Waals surface area contributed by atoms with Gasteiger partial charge in [-0.1, -0.05) is 6.07 Å². The number of hydrogen-bond donors (Lipinski definition) is 1. The normalized spacial score (nSPS) is 25.2. The van der Waals surface area contributed by atoms with E-state index in [4.69, 9.17) is 10.5 Å². The smallest absolute Gasteiger partial charge is 0.0659 e. The van der Waals surface area contributed by atoms with Gasteiger partial charge >= 0.3 is 0 Å².